The third kappa shape index (κ3) is 5.92. The zero-order valence-electron chi connectivity index (χ0n) is 15.7. The fourth-order valence-corrected chi connectivity index (χ4v) is 2.71. The lowest BCUT2D eigenvalue weighted by Crippen LogP contribution is -2.43. The van der Waals surface area contributed by atoms with Crippen LogP contribution >= 0.6 is 15.9 Å². The van der Waals surface area contributed by atoms with Gasteiger partial charge in [0.05, 0.1) is 0 Å². The number of amides is 2. The summed E-state index contributed by atoms with van der Waals surface area (Å²) in [5.41, 5.74) is -0.360. The van der Waals surface area contributed by atoms with Crippen molar-refractivity contribution in [3.05, 3.63) is 16.1 Å². The Morgan fingerprint density at radius 1 is 1.04 bits per heavy atom. The molecule has 0 bridgehead atoms. The Hall–Kier alpha value is -1.37. The van der Waals surface area contributed by atoms with Crippen molar-refractivity contribution < 1.29 is 9.59 Å². The van der Waals surface area contributed by atoms with Crippen LogP contribution < -0.4 is 10.6 Å². The second kappa shape index (κ2) is 7.68. The molecule has 1 heterocycles. The summed E-state index contributed by atoms with van der Waals surface area (Å²) in [5, 5.41) is 5.84. The number of aromatic nitrogens is 2. The van der Waals surface area contributed by atoms with Gasteiger partial charge >= 0.3 is 0 Å². The molecule has 1 rings (SSSR count). The number of hydrogen-bond acceptors (Lipinski definition) is 3. The van der Waals surface area contributed by atoms with E-state index in [0.717, 1.165) is 12.8 Å². The molecule has 0 aromatic carbocycles. The zero-order chi connectivity index (χ0) is 18.7. The minimum absolute atomic E-state index is 0.243. The highest BCUT2D eigenvalue weighted by molar-refractivity contribution is 9.10. The number of imidazole rings is 1. The second-order valence-electron chi connectivity index (χ2n) is 7.99. The van der Waals surface area contributed by atoms with Crippen molar-refractivity contribution in [3.8, 4) is 0 Å². The third-order valence-electron chi connectivity index (χ3n) is 3.06. The van der Waals surface area contributed by atoms with Gasteiger partial charge in [-0.3, -0.25) is 9.59 Å². The van der Waals surface area contributed by atoms with E-state index in [4.69, 9.17) is 0 Å². The lowest BCUT2D eigenvalue weighted by molar-refractivity contribution is 0.0900. The van der Waals surface area contributed by atoms with Crippen molar-refractivity contribution in [2.75, 3.05) is 0 Å². The van der Waals surface area contributed by atoms with Crippen molar-refractivity contribution in [2.45, 2.75) is 78.9 Å². The number of unbranched alkanes of at least 4 members (excludes halogenated alkanes) is 1. The van der Waals surface area contributed by atoms with Crippen LogP contribution in [0.4, 0.5) is 0 Å². The molecule has 24 heavy (non-hydrogen) atoms. The molecule has 0 saturated carbocycles. The second-order valence-corrected chi connectivity index (χ2v) is 8.74. The highest BCUT2D eigenvalue weighted by atomic mass is 79.9. The molecule has 6 nitrogen and oxygen atoms in total. The van der Waals surface area contributed by atoms with Crippen molar-refractivity contribution >= 4 is 27.7 Å². The van der Waals surface area contributed by atoms with Gasteiger partial charge in [-0.25, -0.2) is 4.98 Å². The van der Waals surface area contributed by atoms with Gasteiger partial charge in [0, 0.05) is 17.6 Å². The highest BCUT2D eigenvalue weighted by Crippen LogP contribution is 2.21. The Kier molecular flexibility index (Phi) is 6.61. The SMILES string of the molecule is CCCCn1c(C(=O)NC(C)(C)C)nc(Br)c1C(=O)NC(C)(C)C. The molecule has 2 N–H and O–H groups in total. The average Bonchev–Trinajstić information content (AvgIpc) is 2.69. The molecule has 0 aliphatic rings. The van der Waals surface area contributed by atoms with E-state index in [0.29, 0.717) is 16.8 Å². The van der Waals surface area contributed by atoms with E-state index in [2.05, 4.69) is 38.5 Å². The molecule has 0 saturated heterocycles. The van der Waals surface area contributed by atoms with E-state index in [1.54, 1.807) is 4.57 Å². The van der Waals surface area contributed by atoms with E-state index in [1.807, 2.05) is 41.5 Å². The lowest BCUT2D eigenvalue weighted by Gasteiger charge is -2.22. The van der Waals surface area contributed by atoms with Crippen LogP contribution in [0.2, 0.25) is 0 Å². The summed E-state index contributed by atoms with van der Waals surface area (Å²) >= 11 is 3.34. The molecule has 0 aliphatic heterocycles. The van der Waals surface area contributed by atoms with E-state index < -0.39 is 0 Å². The minimum Gasteiger partial charge on any atom is -0.346 e. The van der Waals surface area contributed by atoms with Crippen LogP contribution in [0.3, 0.4) is 0 Å². The smallest absolute Gasteiger partial charge is 0.287 e. The van der Waals surface area contributed by atoms with Crippen LogP contribution in [0, 0.1) is 0 Å². The standard InChI is InChI=1S/C17H29BrN4O2/c1-8-9-10-22-11(14(23)20-16(2,3)4)12(18)19-13(22)15(24)21-17(5,6)7/h8-10H2,1-7H3,(H,20,23)(H,21,24). The molecule has 136 valence electrons. The number of carbonyl (C=O) groups is 2. The van der Waals surface area contributed by atoms with Crippen molar-refractivity contribution in [1.82, 2.24) is 20.2 Å². The summed E-state index contributed by atoms with van der Waals surface area (Å²) in [6.45, 7) is 14.1. The number of hydrogen-bond donors (Lipinski definition) is 2. The first-order valence-electron chi connectivity index (χ1n) is 8.26. The topological polar surface area (TPSA) is 76.0 Å². The molecule has 1 aromatic heterocycles. The van der Waals surface area contributed by atoms with Gasteiger partial charge in [0.2, 0.25) is 5.82 Å². The summed E-state index contributed by atoms with van der Waals surface area (Å²) in [6.07, 6.45) is 1.81. The van der Waals surface area contributed by atoms with E-state index >= 15 is 0 Å². The average molecular weight is 401 g/mol. The van der Waals surface area contributed by atoms with Gasteiger partial charge in [0.25, 0.3) is 11.8 Å². The first kappa shape index (κ1) is 20.7. The third-order valence-corrected chi connectivity index (χ3v) is 3.61. The summed E-state index contributed by atoms with van der Waals surface area (Å²) in [4.78, 5) is 29.5. The molecule has 0 radical (unpaired) electrons. The van der Waals surface area contributed by atoms with Gasteiger partial charge in [-0.15, -0.1) is 0 Å². The van der Waals surface area contributed by atoms with Crippen molar-refractivity contribution in [2.24, 2.45) is 0 Å². The molecule has 0 atom stereocenters. The normalized spacial score (nSPS) is 12.2. The monoisotopic (exact) mass is 400 g/mol. The van der Waals surface area contributed by atoms with Gasteiger partial charge in [0.15, 0.2) is 0 Å². The van der Waals surface area contributed by atoms with Gasteiger partial charge in [-0.2, -0.15) is 0 Å². The fraction of sp³-hybridized carbons (Fsp3) is 0.706. The van der Waals surface area contributed by atoms with Crippen LogP contribution in [0.5, 0.6) is 0 Å². The summed E-state index contributed by atoms with van der Waals surface area (Å²) < 4.78 is 2.09. The molecular formula is C17H29BrN4O2. The van der Waals surface area contributed by atoms with Crippen LogP contribution in [0.1, 0.15) is 82.4 Å². The molecule has 0 aliphatic carbocycles. The molecule has 0 spiro atoms. The predicted molar refractivity (Wildman–Crippen MR) is 99.3 cm³/mol. The largest absolute Gasteiger partial charge is 0.346 e. The zero-order valence-corrected chi connectivity index (χ0v) is 17.3. The maximum absolute atomic E-state index is 12.7. The predicted octanol–water partition coefficient (Wildman–Crippen LogP) is 3.50. The Bertz CT molecular complexity index is 609. The first-order valence-corrected chi connectivity index (χ1v) is 9.06. The molecule has 0 fully saturated rings. The van der Waals surface area contributed by atoms with Gasteiger partial charge in [0.1, 0.15) is 10.3 Å². The number of carbonyl (C=O) groups excluding carboxylic acids is 2. The quantitative estimate of drug-likeness (QED) is 0.793. The fourth-order valence-electron chi connectivity index (χ4n) is 2.14. The summed E-state index contributed by atoms with van der Waals surface area (Å²) in [6, 6.07) is 0. The van der Waals surface area contributed by atoms with Crippen molar-refractivity contribution in [3.63, 3.8) is 0 Å². The molecule has 1 aromatic rings. The van der Waals surface area contributed by atoms with Gasteiger partial charge < -0.3 is 15.2 Å². The molecule has 7 heteroatoms. The Morgan fingerprint density at radius 2 is 1.54 bits per heavy atom. The van der Waals surface area contributed by atoms with Gasteiger partial charge in [-0.05, 0) is 63.9 Å². The number of halogens is 1. The number of nitrogens with zero attached hydrogens (tertiary/aromatic N) is 2. The van der Waals surface area contributed by atoms with Crippen molar-refractivity contribution in [1.29, 1.82) is 0 Å². The van der Waals surface area contributed by atoms with Crippen LogP contribution in [0.15, 0.2) is 4.60 Å². The van der Waals surface area contributed by atoms with E-state index in [1.165, 1.54) is 0 Å². The maximum Gasteiger partial charge on any atom is 0.287 e. The Balaban J connectivity index is 3.29. The summed E-state index contributed by atoms with van der Waals surface area (Å²) in [7, 11) is 0. The first-order chi connectivity index (χ1) is 10.9. The van der Waals surface area contributed by atoms with Crippen LogP contribution in [-0.2, 0) is 6.54 Å². The Morgan fingerprint density at radius 3 is 2.00 bits per heavy atom. The van der Waals surface area contributed by atoms with Crippen LogP contribution in [0.25, 0.3) is 0 Å². The van der Waals surface area contributed by atoms with E-state index in [9.17, 15) is 9.59 Å². The minimum atomic E-state index is -0.376. The lowest BCUT2D eigenvalue weighted by atomic mass is 10.1. The molecule has 2 amide bonds. The molecular weight excluding hydrogens is 372 g/mol. The number of rotatable bonds is 5. The number of nitrogens with one attached hydrogen (secondary N) is 2. The Labute approximate surface area is 152 Å². The highest BCUT2D eigenvalue weighted by Gasteiger charge is 2.28. The summed E-state index contributed by atoms with van der Waals surface area (Å²) in [5.74, 6) is -0.272. The maximum atomic E-state index is 12.7. The van der Waals surface area contributed by atoms with E-state index in [-0.39, 0.29) is 28.7 Å². The van der Waals surface area contributed by atoms with Crippen LogP contribution in [-0.4, -0.2) is 32.4 Å². The molecule has 0 unspecified atom stereocenters. The van der Waals surface area contributed by atoms with Gasteiger partial charge in [-0.1, -0.05) is 13.3 Å².